The maximum atomic E-state index is 13.1. The fourth-order valence-electron chi connectivity index (χ4n) is 4.41. The molecular weight excluding hydrogens is 357 g/mol. The fourth-order valence-corrected chi connectivity index (χ4v) is 4.41. The fraction of sp³-hybridized carbons (Fsp3) is 0.364. The smallest absolute Gasteiger partial charge is 0.322 e. The van der Waals surface area contributed by atoms with E-state index < -0.39 is 0 Å². The Morgan fingerprint density at radius 2 is 1.57 bits per heavy atom. The number of nitrogens with zero attached hydrogens (tertiary/aromatic N) is 1. The molecule has 2 fully saturated rings. The number of carbonyl (C=O) groups is 2. The highest BCUT2D eigenvalue weighted by Crippen LogP contribution is 2.34. The van der Waals surface area contributed by atoms with Gasteiger partial charge in [-0.05, 0) is 68.5 Å². The lowest BCUT2D eigenvalue weighted by Gasteiger charge is -2.48. The Bertz CT molecular complexity index is 827. The number of carbonyl (C=O) groups excluding carboxylic acids is 2. The number of amides is 3. The number of benzene rings is 2. The SMILES string of the molecule is O=C(NC1C[C@@H]2CCC[C@@H](C1)N2C(=O)Nc1ccc(F)cc1)c1ccccc1. The number of piperidine rings is 2. The number of nitrogens with one attached hydrogen (secondary N) is 2. The number of rotatable bonds is 3. The topological polar surface area (TPSA) is 61.4 Å². The van der Waals surface area contributed by atoms with Crippen molar-refractivity contribution in [1.29, 1.82) is 0 Å². The Labute approximate surface area is 163 Å². The Balaban J connectivity index is 1.41. The van der Waals surface area contributed by atoms with Crippen LogP contribution in [0.4, 0.5) is 14.9 Å². The van der Waals surface area contributed by atoms with Gasteiger partial charge in [-0.2, -0.15) is 0 Å². The molecule has 2 N–H and O–H groups in total. The van der Waals surface area contributed by atoms with Gasteiger partial charge < -0.3 is 15.5 Å². The summed E-state index contributed by atoms with van der Waals surface area (Å²) < 4.78 is 13.1. The van der Waals surface area contributed by atoms with E-state index in [-0.39, 0.29) is 35.9 Å². The minimum Gasteiger partial charge on any atom is -0.349 e. The van der Waals surface area contributed by atoms with Gasteiger partial charge in [0.2, 0.25) is 0 Å². The number of urea groups is 1. The van der Waals surface area contributed by atoms with E-state index in [1.807, 2.05) is 23.1 Å². The third kappa shape index (κ3) is 4.01. The molecule has 0 radical (unpaired) electrons. The van der Waals surface area contributed by atoms with Gasteiger partial charge >= 0.3 is 6.03 Å². The number of hydrogen-bond donors (Lipinski definition) is 2. The first-order valence-electron chi connectivity index (χ1n) is 9.81. The minimum atomic E-state index is -0.329. The summed E-state index contributed by atoms with van der Waals surface area (Å²) >= 11 is 0. The molecule has 2 aromatic carbocycles. The average molecular weight is 381 g/mol. The van der Waals surface area contributed by atoms with Crippen LogP contribution < -0.4 is 10.6 Å². The van der Waals surface area contributed by atoms with E-state index in [1.165, 1.54) is 12.1 Å². The summed E-state index contributed by atoms with van der Waals surface area (Å²) in [6.45, 7) is 0. The van der Waals surface area contributed by atoms with Crippen molar-refractivity contribution in [2.24, 2.45) is 0 Å². The van der Waals surface area contributed by atoms with E-state index in [1.54, 1.807) is 24.3 Å². The zero-order chi connectivity index (χ0) is 19.5. The van der Waals surface area contributed by atoms with Gasteiger partial charge in [0.1, 0.15) is 5.82 Å². The molecule has 2 aliphatic rings. The van der Waals surface area contributed by atoms with Gasteiger partial charge in [-0.15, -0.1) is 0 Å². The summed E-state index contributed by atoms with van der Waals surface area (Å²) in [4.78, 5) is 27.3. The number of anilines is 1. The Morgan fingerprint density at radius 1 is 0.929 bits per heavy atom. The average Bonchev–Trinajstić information content (AvgIpc) is 2.69. The molecule has 2 saturated heterocycles. The van der Waals surface area contributed by atoms with Crippen molar-refractivity contribution in [2.75, 3.05) is 5.32 Å². The first-order valence-corrected chi connectivity index (χ1v) is 9.81. The molecule has 0 spiro atoms. The van der Waals surface area contributed by atoms with Gasteiger partial charge in [-0.25, -0.2) is 9.18 Å². The van der Waals surface area contributed by atoms with E-state index in [0.29, 0.717) is 11.3 Å². The van der Waals surface area contributed by atoms with E-state index in [9.17, 15) is 14.0 Å². The standard InChI is InChI=1S/C22H24FN3O2/c23-16-9-11-17(12-10-16)25-22(28)26-19-7-4-8-20(26)14-18(13-19)24-21(27)15-5-2-1-3-6-15/h1-3,5-6,9-12,18-20H,4,7-8,13-14H2,(H,24,27)(H,25,28)/t19-,20-/m0/s1. The molecule has 28 heavy (non-hydrogen) atoms. The van der Waals surface area contributed by atoms with E-state index in [0.717, 1.165) is 32.1 Å². The van der Waals surface area contributed by atoms with E-state index in [2.05, 4.69) is 10.6 Å². The number of fused-ring (bicyclic) bond motifs is 2. The largest absolute Gasteiger partial charge is 0.349 e. The van der Waals surface area contributed by atoms with Gasteiger partial charge in [0.25, 0.3) is 5.91 Å². The molecule has 5 nitrogen and oxygen atoms in total. The third-order valence-electron chi connectivity index (χ3n) is 5.68. The molecule has 2 atom stereocenters. The Hall–Kier alpha value is -2.89. The highest BCUT2D eigenvalue weighted by atomic mass is 19.1. The van der Waals surface area contributed by atoms with Crippen molar-refractivity contribution in [3.8, 4) is 0 Å². The second kappa shape index (κ2) is 8.00. The van der Waals surface area contributed by atoms with Crippen molar-refractivity contribution in [1.82, 2.24) is 10.2 Å². The van der Waals surface area contributed by atoms with Crippen LogP contribution in [-0.2, 0) is 0 Å². The first-order chi connectivity index (χ1) is 13.6. The van der Waals surface area contributed by atoms with Crippen LogP contribution in [0.5, 0.6) is 0 Å². The molecule has 0 aliphatic carbocycles. The van der Waals surface area contributed by atoms with E-state index >= 15 is 0 Å². The zero-order valence-corrected chi connectivity index (χ0v) is 15.6. The Morgan fingerprint density at radius 3 is 2.21 bits per heavy atom. The number of hydrogen-bond acceptors (Lipinski definition) is 2. The van der Waals surface area contributed by atoms with Crippen molar-refractivity contribution in [3.63, 3.8) is 0 Å². The quantitative estimate of drug-likeness (QED) is 0.838. The summed E-state index contributed by atoms with van der Waals surface area (Å²) in [6.07, 6.45) is 4.48. The van der Waals surface area contributed by atoms with Gasteiger partial charge in [0, 0.05) is 29.4 Å². The molecule has 4 rings (SSSR count). The molecule has 3 amide bonds. The monoisotopic (exact) mass is 381 g/mol. The van der Waals surface area contributed by atoms with Crippen LogP contribution in [0.15, 0.2) is 54.6 Å². The summed E-state index contributed by atoms with van der Waals surface area (Å²) in [5.74, 6) is -0.391. The van der Waals surface area contributed by atoms with Crippen molar-refractivity contribution in [3.05, 3.63) is 66.0 Å². The second-order valence-corrected chi connectivity index (χ2v) is 7.59. The first kappa shape index (κ1) is 18.5. The second-order valence-electron chi connectivity index (χ2n) is 7.59. The summed E-state index contributed by atoms with van der Waals surface area (Å²) in [5.41, 5.74) is 1.24. The van der Waals surface area contributed by atoms with Crippen LogP contribution in [0.1, 0.15) is 42.5 Å². The molecular formula is C22H24FN3O2. The third-order valence-corrected chi connectivity index (χ3v) is 5.68. The predicted octanol–water partition coefficient (Wildman–Crippen LogP) is 4.17. The van der Waals surface area contributed by atoms with Crippen LogP contribution in [0.3, 0.4) is 0 Å². The van der Waals surface area contributed by atoms with Crippen molar-refractivity contribution >= 4 is 17.6 Å². The minimum absolute atomic E-state index is 0.0621. The molecule has 2 bridgehead atoms. The highest BCUT2D eigenvalue weighted by molar-refractivity contribution is 5.94. The van der Waals surface area contributed by atoms with E-state index in [4.69, 9.17) is 0 Å². The normalized spacial score (nSPS) is 23.8. The van der Waals surface area contributed by atoms with Crippen LogP contribution in [0, 0.1) is 5.82 Å². The lowest BCUT2D eigenvalue weighted by atomic mass is 9.82. The van der Waals surface area contributed by atoms with Crippen molar-refractivity contribution in [2.45, 2.75) is 50.2 Å². The molecule has 2 aliphatic heterocycles. The Kier molecular flexibility index (Phi) is 5.28. The molecule has 6 heteroatoms. The maximum absolute atomic E-state index is 13.1. The molecule has 0 aromatic heterocycles. The van der Waals surface area contributed by atoms with Crippen LogP contribution in [-0.4, -0.2) is 35.0 Å². The number of halogens is 1. The summed E-state index contributed by atoms with van der Waals surface area (Å²) in [6, 6.07) is 15.1. The van der Waals surface area contributed by atoms with Crippen molar-refractivity contribution < 1.29 is 14.0 Å². The maximum Gasteiger partial charge on any atom is 0.322 e. The van der Waals surface area contributed by atoms with Crippen LogP contribution in [0.25, 0.3) is 0 Å². The molecule has 0 saturated carbocycles. The van der Waals surface area contributed by atoms with Gasteiger partial charge in [-0.1, -0.05) is 18.2 Å². The lowest BCUT2D eigenvalue weighted by Crippen LogP contribution is -2.59. The van der Waals surface area contributed by atoms with Gasteiger partial charge in [0.15, 0.2) is 0 Å². The molecule has 0 unspecified atom stereocenters. The summed E-state index contributed by atoms with van der Waals surface area (Å²) in [7, 11) is 0. The van der Waals surface area contributed by atoms with Gasteiger partial charge in [-0.3, -0.25) is 4.79 Å². The predicted molar refractivity (Wildman–Crippen MR) is 106 cm³/mol. The zero-order valence-electron chi connectivity index (χ0n) is 15.6. The molecule has 2 aromatic rings. The molecule has 2 heterocycles. The molecule has 146 valence electrons. The lowest BCUT2D eigenvalue weighted by molar-refractivity contribution is 0.0577. The van der Waals surface area contributed by atoms with Gasteiger partial charge in [0.05, 0.1) is 0 Å². The van der Waals surface area contributed by atoms with Crippen LogP contribution in [0.2, 0.25) is 0 Å². The summed E-state index contributed by atoms with van der Waals surface area (Å²) in [5, 5.41) is 6.02. The highest BCUT2D eigenvalue weighted by Gasteiger charge is 2.41. The van der Waals surface area contributed by atoms with Crippen LogP contribution >= 0.6 is 0 Å².